The van der Waals surface area contributed by atoms with E-state index < -0.39 is 0 Å². The molecule has 1 aliphatic heterocycles. The van der Waals surface area contributed by atoms with Gasteiger partial charge in [0.25, 0.3) is 0 Å². The third kappa shape index (κ3) is 5.49. The highest BCUT2D eigenvalue weighted by Crippen LogP contribution is 2.20. The smallest absolute Gasteiger partial charge is 0.132 e. The van der Waals surface area contributed by atoms with Crippen molar-refractivity contribution in [2.24, 2.45) is 5.92 Å². The summed E-state index contributed by atoms with van der Waals surface area (Å²) >= 11 is 0. The molecule has 0 aliphatic carbocycles. The molecule has 1 aliphatic rings. The summed E-state index contributed by atoms with van der Waals surface area (Å²) in [5.74, 6) is 1.69. The fourth-order valence-corrected chi connectivity index (χ4v) is 2.89. The van der Waals surface area contributed by atoms with Crippen molar-refractivity contribution in [2.75, 3.05) is 25.1 Å². The Bertz CT molecular complexity index is 583. The first kappa shape index (κ1) is 16.7. The minimum Gasteiger partial charge on any atom is -0.487 e. The van der Waals surface area contributed by atoms with Gasteiger partial charge in [-0.25, -0.2) is 0 Å². The Kier molecular flexibility index (Phi) is 6.42. The lowest BCUT2D eigenvalue weighted by Gasteiger charge is -2.21. The molecule has 1 aromatic heterocycles. The average Bonchev–Trinajstić information content (AvgIpc) is 2.66. The molecule has 24 heavy (non-hydrogen) atoms. The van der Waals surface area contributed by atoms with Crippen LogP contribution in [0.2, 0.25) is 0 Å². The maximum absolute atomic E-state index is 5.71. The Morgan fingerprint density at radius 3 is 2.71 bits per heavy atom. The van der Waals surface area contributed by atoms with Crippen LogP contribution >= 0.6 is 0 Å². The molecular weight excluding hydrogens is 302 g/mol. The lowest BCUT2D eigenvalue weighted by molar-refractivity contribution is 0.0636. The zero-order valence-corrected chi connectivity index (χ0v) is 14.0. The average molecular weight is 327 g/mol. The van der Waals surface area contributed by atoms with E-state index in [0.29, 0.717) is 6.61 Å². The van der Waals surface area contributed by atoms with Crippen molar-refractivity contribution in [3.05, 3.63) is 48.5 Å². The van der Waals surface area contributed by atoms with Gasteiger partial charge in [-0.15, -0.1) is 0 Å². The van der Waals surface area contributed by atoms with Crippen molar-refractivity contribution in [3.63, 3.8) is 0 Å². The van der Waals surface area contributed by atoms with Crippen molar-refractivity contribution in [3.8, 4) is 5.75 Å². The van der Waals surface area contributed by atoms with Gasteiger partial charge in [-0.1, -0.05) is 0 Å². The van der Waals surface area contributed by atoms with Crippen molar-refractivity contribution in [1.82, 2.24) is 9.97 Å². The topological polar surface area (TPSA) is 56.3 Å². The molecule has 1 fully saturated rings. The molecule has 0 unspecified atom stereocenters. The lowest BCUT2D eigenvalue weighted by Crippen LogP contribution is -2.16. The molecule has 1 saturated heterocycles. The van der Waals surface area contributed by atoms with E-state index in [-0.39, 0.29) is 0 Å². The number of ether oxygens (including phenoxy) is 2. The van der Waals surface area contributed by atoms with Gasteiger partial charge in [-0.3, -0.25) is 9.97 Å². The zero-order valence-electron chi connectivity index (χ0n) is 14.0. The molecular formula is C19H25N3O2. The fourth-order valence-electron chi connectivity index (χ4n) is 2.89. The number of anilines is 1. The number of hydrogen-bond acceptors (Lipinski definition) is 5. The van der Waals surface area contributed by atoms with Crippen molar-refractivity contribution >= 4 is 5.69 Å². The van der Waals surface area contributed by atoms with Crippen LogP contribution in [0.25, 0.3) is 0 Å². The number of rotatable bonds is 8. The SMILES string of the molecule is c1cnc(COc2ccc(NCCCC3CCOCC3)cc2)cn1. The van der Waals surface area contributed by atoms with E-state index in [1.807, 2.05) is 12.1 Å². The van der Waals surface area contributed by atoms with Gasteiger partial charge < -0.3 is 14.8 Å². The molecule has 2 heterocycles. The molecule has 5 nitrogen and oxygen atoms in total. The number of hydrogen-bond donors (Lipinski definition) is 1. The molecule has 0 spiro atoms. The Balaban J connectivity index is 1.35. The number of aromatic nitrogens is 2. The molecule has 5 heteroatoms. The van der Waals surface area contributed by atoms with Crippen LogP contribution in [0.5, 0.6) is 5.75 Å². The van der Waals surface area contributed by atoms with Crippen LogP contribution in [0, 0.1) is 5.92 Å². The van der Waals surface area contributed by atoms with E-state index in [2.05, 4.69) is 27.4 Å². The van der Waals surface area contributed by atoms with Gasteiger partial charge in [0, 0.05) is 37.8 Å². The van der Waals surface area contributed by atoms with Crippen LogP contribution < -0.4 is 10.1 Å². The van der Waals surface area contributed by atoms with Gasteiger partial charge in [-0.05, 0) is 55.9 Å². The second-order valence-electron chi connectivity index (χ2n) is 6.13. The number of benzene rings is 1. The first-order valence-electron chi connectivity index (χ1n) is 8.69. The Morgan fingerprint density at radius 2 is 1.96 bits per heavy atom. The highest BCUT2D eigenvalue weighted by molar-refractivity contribution is 5.46. The van der Waals surface area contributed by atoms with Crippen LogP contribution in [0.1, 0.15) is 31.4 Å². The number of nitrogens with zero attached hydrogens (tertiary/aromatic N) is 2. The fraction of sp³-hybridized carbons (Fsp3) is 0.474. The van der Waals surface area contributed by atoms with E-state index in [0.717, 1.165) is 42.8 Å². The summed E-state index contributed by atoms with van der Waals surface area (Å²) in [6.07, 6.45) is 9.98. The third-order valence-corrected chi connectivity index (χ3v) is 4.32. The Labute approximate surface area is 143 Å². The molecule has 0 bridgehead atoms. The van der Waals surface area contributed by atoms with Crippen LogP contribution in [0.3, 0.4) is 0 Å². The Hall–Kier alpha value is -2.14. The highest BCUT2D eigenvalue weighted by atomic mass is 16.5. The summed E-state index contributed by atoms with van der Waals surface area (Å²) < 4.78 is 11.1. The quantitative estimate of drug-likeness (QED) is 0.750. The maximum Gasteiger partial charge on any atom is 0.132 e. The second kappa shape index (κ2) is 9.23. The predicted molar refractivity (Wildman–Crippen MR) is 94.1 cm³/mol. The maximum atomic E-state index is 5.71. The van der Waals surface area contributed by atoms with Crippen LogP contribution in [-0.4, -0.2) is 29.7 Å². The molecule has 0 atom stereocenters. The van der Waals surface area contributed by atoms with Crippen LogP contribution in [0.15, 0.2) is 42.9 Å². The molecule has 3 rings (SSSR count). The van der Waals surface area contributed by atoms with Gasteiger partial charge in [0.2, 0.25) is 0 Å². The first-order valence-corrected chi connectivity index (χ1v) is 8.69. The molecule has 128 valence electrons. The second-order valence-corrected chi connectivity index (χ2v) is 6.13. The lowest BCUT2D eigenvalue weighted by atomic mass is 9.95. The standard InChI is InChI=1S/C19H25N3O2/c1(2-16-7-12-23-13-8-16)9-21-17-3-5-19(6-4-17)24-15-18-14-20-10-11-22-18/h3-6,10-11,14,16,21H,1-2,7-9,12-13,15H2. The van der Waals surface area contributed by atoms with Gasteiger partial charge in [0.15, 0.2) is 0 Å². The summed E-state index contributed by atoms with van der Waals surface area (Å²) in [7, 11) is 0. The summed E-state index contributed by atoms with van der Waals surface area (Å²) in [5.41, 5.74) is 1.96. The van der Waals surface area contributed by atoms with E-state index in [1.54, 1.807) is 18.6 Å². The van der Waals surface area contributed by atoms with Crippen molar-refractivity contribution in [1.29, 1.82) is 0 Å². The van der Waals surface area contributed by atoms with Gasteiger partial charge in [-0.2, -0.15) is 0 Å². The number of nitrogens with one attached hydrogen (secondary N) is 1. The molecule has 0 saturated carbocycles. The van der Waals surface area contributed by atoms with E-state index in [4.69, 9.17) is 9.47 Å². The molecule has 0 amide bonds. The zero-order chi connectivity index (χ0) is 16.5. The third-order valence-electron chi connectivity index (χ3n) is 4.32. The van der Waals surface area contributed by atoms with E-state index >= 15 is 0 Å². The molecule has 1 aromatic carbocycles. The van der Waals surface area contributed by atoms with Gasteiger partial charge >= 0.3 is 0 Å². The minimum atomic E-state index is 0.436. The van der Waals surface area contributed by atoms with Crippen molar-refractivity contribution in [2.45, 2.75) is 32.3 Å². The largest absolute Gasteiger partial charge is 0.487 e. The van der Waals surface area contributed by atoms with Crippen LogP contribution in [0.4, 0.5) is 5.69 Å². The first-order chi connectivity index (χ1) is 11.9. The molecule has 1 N–H and O–H groups in total. The van der Waals surface area contributed by atoms with Gasteiger partial charge in [0.1, 0.15) is 12.4 Å². The minimum absolute atomic E-state index is 0.436. The normalized spacial score (nSPS) is 15.2. The summed E-state index contributed by atoms with van der Waals surface area (Å²) in [4.78, 5) is 8.22. The van der Waals surface area contributed by atoms with Crippen LogP contribution in [-0.2, 0) is 11.3 Å². The van der Waals surface area contributed by atoms with E-state index in [9.17, 15) is 0 Å². The van der Waals surface area contributed by atoms with E-state index in [1.165, 1.54) is 25.7 Å². The monoisotopic (exact) mass is 327 g/mol. The molecule has 0 radical (unpaired) electrons. The molecule has 2 aromatic rings. The van der Waals surface area contributed by atoms with Gasteiger partial charge in [0.05, 0.1) is 11.9 Å². The predicted octanol–water partition coefficient (Wildman–Crippen LogP) is 3.67. The van der Waals surface area contributed by atoms with Crippen molar-refractivity contribution < 1.29 is 9.47 Å². The summed E-state index contributed by atoms with van der Waals surface area (Å²) in [5, 5.41) is 3.48. The summed E-state index contributed by atoms with van der Waals surface area (Å²) in [6.45, 7) is 3.32. The highest BCUT2D eigenvalue weighted by Gasteiger charge is 2.12. The summed E-state index contributed by atoms with van der Waals surface area (Å²) in [6, 6.07) is 8.08. The Morgan fingerprint density at radius 1 is 1.12 bits per heavy atom.